The average molecular weight is 631 g/mol. The summed E-state index contributed by atoms with van der Waals surface area (Å²) in [6, 6.07) is 16.0. The Morgan fingerprint density at radius 1 is 1.16 bits per heavy atom. The zero-order chi connectivity index (χ0) is 31.6. The third-order valence-electron chi connectivity index (χ3n) is 7.34. The van der Waals surface area contributed by atoms with Gasteiger partial charge in [0.15, 0.2) is 10.1 Å². The Bertz CT molecular complexity index is 1740. The Kier molecular flexibility index (Phi) is 8.75. The van der Waals surface area contributed by atoms with Crippen molar-refractivity contribution < 1.29 is 23.9 Å². The summed E-state index contributed by atoms with van der Waals surface area (Å²) in [5.41, 5.74) is 9.24. The second-order valence-electron chi connectivity index (χ2n) is 11.0. The molecular formula is C31H30N6O5S2. The zero-order valence-corrected chi connectivity index (χ0v) is 26.2. The third kappa shape index (κ3) is 6.04. The molecule has 1 amide bonds. The molecule has 3 N–H and O–H groups in total. The Morgan fingerprint density at radius 3 is 2.57 bits per heavy atom. The van der Waals surface area contributed by atoms with Gasteiger partial charge in [-0.1, -0.05) is 61.2 Å². The summed E-state index contributed by atoms with van der Waals surface area (Å²) in [5, 5.41) is 22.2. The lowest BCUT2D eigenvalue weighted by Gasteiger charge is -2.42. The average Bonchev–Trinajstić information content (AvgIpc) is 3.47. The molecule has 0 saturated carbocycles. The number of esters is 1. The van der Waals surface area contributed by atoms with E-state index in [1.807, 2.05) is 19.9 Å². The number of para-hydroxylation sites is 2. The number of methoxy groups -OCH3 is 2. The van der Waals surface area contributed by atoms with Crippen LogP contribution < -0.4 is 20.7 Å². The number of carbonyl (C=O) groups excluding carboxylic acids is 3. The Hall–Kier alpha value is -4.67. The quantitative estimate of drug-likeness (QED) is 0.254. The molecular weight excluding hydrogens is 601 g/mol. The summed E-state index contributed by atoms with van der Waals surface area (Å²) in [6.45, 7) is 4.02. The van der Waals surface area contributed by atoms with Crippen molar-refractivity contribution in [3.05, 3.63) is 82.3 Å². The minimum atomic E-state index is -0.706. The molecule has 0 bridgehead atoms. The van der Waals surface area contributed by atoms with E-state index in [0.29, 0.717) is 56.1 Å². The number of hydrogen-bond donors (Lipinski definition) is 2. The highest BCUT2D eigenvalue weighted by Gasteiger charge is 2.45. The van der Waals surface area contributed by atoms with E-state index in [2.05, 4.69) is 21.6 Å². The monoisotopic (exact) mass is 630 g/mol. The number of anilines is 2. The maximum absolute atomic E-state index is 13.8. The third-order valence-corrected chi connectivity index (χ3v) is 9.38. The van der Waals surface area contributed by atoms with E-state index in [9.17, 15) is 19.6 Å². The number of allylic oxidation sites excluding steroid dienone is 3. The first-order chi connectivity index (χ1) is 21.1. The fourth-order valence-electron chi connectivity index (χ4n) is 5.40. The SMILES string of the molecule is COC(=O)c1ccc(C2C(C#N)=C(N)N(c3nnc(SCC(=O)Nc4ccccc4OC)s3)C3=C2C(=O)CC(C)(C)C3)cc1. The van der Waals surface area contributed by atoms with Crippen molar-refractivity contribution >= 4 is 51.6 Å². The summed E-state index contributed by atoms with van der Waals surface area (Å²) in [6.07, 6.45) is 0.807. The van der Waals surface area contributed by atoms with E-state index in [1.165, 1.54) is 37.3 Å². The summed E-state index contributed by atoms with van der Waals surface area (Å²) < 4.78 is 10.6. The van der Waals surface area contributed by atoms with Gasteiger partial charge in [0.1, 0.15) is 11.6 Å². The molecule has 1 atom stereocenters. The standard InChI is InChI=1S/C31H30N6O5S2/c1-31(2)13-21-26(22(38)14-31)25(17-9-11-18(12-10-17)28(40)42-4)19(15-32)27(33)37(21)29-35-36-30(44-29)43-16-24(39)34-20-7-5-6-8-23(20)41-3/h5-12,25H,13-14,16,33H2,1-4H3,(H,34,39). The van der Waals surface area contributed by atoms with Crippen molar-refractivity contribution in [1.29, 1.82) is 5.26 Å². The number of hydrogen-bond acceptors (Lipinski definition) is 12. The first-order valence-electron chi connectivity index (χ1n) is 13.6. The molecule has 1 unspecified atom stereocenters. The van der Waals surface area contributed by atoms with Crippen LogP contribution in [0.5, 0.6) is 5.75 Å². The summed E-state index contributed by atoms with van der Waals surface area (Å²) in [4.78, 5) is 40.1. The van der Waals surface area contributed by atoms with E-state index in [1.54, 1.807) is 47.4 Å². The van der Waals surface area contributed by atoms with Gasteiger partial charge in [0.25, 0.3) is 0 Å². The number of benzene rings is 2. The largest absolute Gasteiger partial charge is 0.495 e. The molecule has 2 aromatic carbocycles. The van der Waals surface area contributed by atoms with Crippen LogP contribution in [-0.2, 0) is 14.3 Å². The molecule has 13 heteroatoms. The van der Waals surface area contributed by atoms with E-state index in [4.69, 9.17) is 15.2 Å². The number of Topliss-reactive ketones (excluding diaryl/α,β-unsaturated/α-hetero) is 1. The number of nitrogens with zero attached hydrogens (tertiary/aromatic N) is 4. The van der Waals surface area contributed by atoms with E-state index >= 15 is 0 Å². The van der Waals surface area contributed by atoms with Gasteiger partial charge in [0.2, 0.25) is 11.0 Å². The van der Waals surface area contributed by atoms with E-state index < -0.39 is 11.9 Å². The van der Waals surface area contributed by atoms with Gasteiger partial charge in [-0.25, -0.2) is 4.79 Å². The topological polar surface area (TPSA) is 161 Å². The van der Waals surface area contributed by atoms with Gasteiger partial charge in [-0.2, -0.15) is 5.26 Å². The molecule has 0 radical (unpaired) electrons. The number of nitrogens with two attached hydrogens (primary N) is 1. The molecule has 2 heterocycles. The van der Waals surface area contributed by atoms with Crippen LogP contribution in [-0.4, -0.2) is 47.8 Å². The van der Waals surface area contributed by atoms with Crippen LogP contribution in [0.1, 0.15) is 48.5 Å². The predicted molar refractivity (Wildman–Crippen MR) is 167 cm³/mol. The zero-order valence-electron chi connectivity index (χ0n) is 24.5. The van der Waals surface area contributed by atoms with Crippen molar-refractivity contribution in [2.24, 2.45) is 11.1 Å². The lowest BCUT2D eigenvalue weighted by atomic mass is 9.68. The van der Waals surface area contributed by atoms with Crippen molar-refractivity contribution in [3.63, 3.8) is 0 Å². The predicted octanol–water partition coefficient (Wildman–Crippen LogP) is 5.00. The van der Waals surface area contributed by atoms with Crippen LogP contribution >= 0.6 is 23.1 Å². The number of aromatic nitrogens is 2. The summed E-state index contributed by atoms with van der Waals surface area (Å²) in [5.74, 6) is -0.745. The summed E-state index contributed by atoms with van der Waals surface area (Å²) in [7, 11) is 2.84. The first-order valence-corrected chi connectivity index (χ1v) is 15.4. The minimum Gasteiger partial charge on any atom is -0.495 e. The molecule has 0 fully saturated rings. The smallest absolute Gasteiger partial charge is 0.337 e. The van der Waals surface area contributed by atoms with Crippen LogP contribution in [0.4, 0.5) is 10.8 Å². The van der Waals surface area contributed by atoms with Crippen LogP contribution in [0, 0.1) is 16.7 Å². The highest BCUT2D eigenvalue weighted by atomic mass is 32.2. The molecule has 44 heavy (non-hydrogen) atoms. The van der Waals surface area contributed by atoms with Gasteiger partial charge < -0.3 is 20.5 Å². The van der Waals surface area contributed by atoms with Gasteiger partial charge in [0, 0.05) is 17.7 Å². The molecule has 3 aromatic rings. The lowest BCUT2D eigenvalue weighted by Crippen LogP contribution is -2.42. The van der Waals surface area contributed by atoms with Crippen molar-refractivity contribution in [2.75, 3.05) is 30.2 Å². The fraction of sp³-hybridized carbons (Fsp3) is 0.290. The normalized spacial score (nSPS) is 17.6. The fourth-order valence-corrected chi connectivity index (χ4v) is 7.08. The number of ether oxygens (including phenoxy) is 2. The van der Waals surface area contributed by atoms with Crippen molar-refractivity contribution in [2.45, 2.75) is 36.9 Å². The molecule has 11 nitrogen and oxygen atoms in total. The summed E-state index contributed by atoms with van der Waals surface area (Å²) >= 11 is 2.42. The van der Waals surface area contributed by atoms with Crippen LogP contribution in [0.3, 0.4) is 0 Å². The van der Waals surface area contributed by atoms with E-state index in [0.717, 1.165) is 0 Å². The minimum absolute atomic E-state index is 0.0740. The molecule has 1 aliphatic heterocycles. The molecule has 1 aromatic heterocycles. The maximum atomic E-state index is 13.8. The number of nitrogens with one attached hydrogen (secondary N) is 1. The second kappa shape index (κ2) is 12.5. The highest BCUT2D eigenvalue weighted by molar-refractivity contribution is 8.01. The molecule has 1 aliphatic carbocycles. The maximum Gasteiger partial charge on any atom is 0.337 e. The van der Waals surface area contributed by atoms with Crippen LogP contribution in [0.2, 0.25) is 0 Å². The number of thioether (sulfide) groups is 1. The van der Waals surface area contributed by atoms with Crippen molar-refractivity contribution in [3.8, 4) is 11.8 Å². The number of rotatable bonds is 8. The van der Waals surface area contributed by atoms with Gasteiger partial charge in [-0.15, -0.1) is 10.2 Å². The van der Waals surface area contributed by atoms with Gasteiger partial charge in [-0.3, -0.25) is 14.5 Å². The second-order valence-corrected chi connectivity index (χ2v) is 13.2. The van der Waals surface area contributed by atoms with Crippen LogP contribution in [0.25, 0.3) is 0 Å². The first kappa shape index (κ1) is 30.8. The molecule has 5 rings (SSSR count). The molecule has 226 valence electrons. The Morgan fingerprint density at radius 2 is 1.89 bits per heavy atom. The lowest BCUT2D eigenvalue weighted by molar-refractivity contribution is -0.118. The van der Waals surface area contributed by atoms with Gasteiger partial charge >= 0.3 is 5.97 Å². The Labute approximate surface area is 262 Å². The highest BCUT2D eigenvalue weighted by Crippen LogP contribution is 2.50. The number of amides is 1. The van der Waals surface area contributed by atoms with E-state index in [-0.39, 0.29) is 34.3 Å². The van der Waals surface area contributed by atoms with Gasteiger partial charge in [0.05, 0.1) is 48.8 Å². The number of nitriles is 1. The van der Waals surface area contributed by atoms with Crippen LogP contribution in [0.15, 0.2) is 75.5 Å². The number of ketones is 1. The number of carbonyl (C=O) groups is 3. The molecule has 0 saturated heterocycles. The van der Waals surface area contributed by atoms with Gasteiger partial charge in [-0.05, 0) is 41.7 Å². The molecule has 2 aliphatic rings. The Balaban J connectivity index is 1.46. The van der Waals surface area contributed by atoms with Crippen molar-refractivity contribution in [1.82, 2.24) is 10.2 Å². The molecule has 0 spiro atoms.